The first-order valence-corrected chi connectivity index (χ1v) is 9.68. The van der Waals surface area contributed by atoms with Crippen molar-refractivity contribution >= 4 is 38.9 Å². The van der Waals surface area contributed by atoms with Gasteiger partial charge in [-0.05, 0) is 55.3 Å². The molecular weight excluding hydrogens is 364 g/mol. The molecule has 2 aromatic rings. The van der Waals surface area contributed by atoms with E-state index in [0.717, 1.165) is 17.4 Å². The van der Waals surface area contributed by atoms with Gasteiger partial charge in [-0.1, -0.05) is 17.7 Å². The molecule has 0 radical (unpaired) electrons. The number of hydrogen-bond donors (Lipinski definition) is 2. The maximum Gasteiger partial charge on any atom is 0.262 e. The van der Waals surface area contributed by atoms with Gasteiger partial charge in [-0.15, -0.1) is 0 Å². The highest BCUT2D eigenvalue weighted by Gasteiger charge is 2.09. The van der Waals surface area contributed by atoms with Gasteiger partial charge in [-0.3, -0.25) is 9.52 Å². The number of aryl methyl sites for hydroxylation is 2. The number of halogens is 1. The van der Waals surface area contributed by atoms with Gasteiger partial charge in [0.25, 0.3) is 5.91 Å². The molecule has 8 heteroatoms. The number of benzene rings is 2. The number of ether oxygens (including phenoxy) is 1. The van der Waals surface area contributed by atoms with Crippen LogP contribution in [0.5, 0.6) is 5.75 Å². The third-order valence-electron chi connectivity index (χ3n) is 3.31. The molecule has 2 N–H and O–H groups in total. The molecule has 2 aromatic carbocycles. The Morgan fingerprint density at radius 2 is 1.84 bits per heavy atom. The van der Waals surface area contributed by atoms with Gasteiger partial charge in [0.15, 0.2) is 6.61 Å². The largest absolute Gasteiger partial charge is 0.483 e. The van der Waals surface area contributed by atoms with Crippen molar-refractivity contribution in [1.29, 1.82) is 0 Å². The fourth-order valence-corrected chi connectivity index (χ4v) is 2.97. The predicted octanol–water partition coefficient (Wildman–Crippen LogP) is 3.35. The quantitative estimate of drug-likeness (QED) is 0.802. The van der Waals surface area contributed by atoms with Gasteiger partial charge < -0.3 is 10.1 Å². The monoisotopic (exact) mass is 382 g/mol. The third kappa shape index (κ3) is 5.95. The van der Waals surface area contributed by atoms with Crippen molar-refractivity contribution in [1.82, 2.24) is 0 Å². The molecule has 0 aromatic heterocycles. The van der Waals surface area contributed by atoms with E-state index in [1.807, 2.05) is 6.92 Å². The minimum Gasteiger partial charge on any atom is -0.483 e. The molecule has 0 saturated carbocycles. The van der Waals surface area contributed by atoms with E-state index in [9.17, 15) is 13.2 Å². The molecule has 0 aliphatic rings. The maximum atomic E-state index is 12.0. The minimum absolute atomic E-state index is 0.175. The molecule has 0 spiro atoms. The molecule has 0 heterocycles. The smallest absolute Gasteiger partial charge is 0.262 e. The van der Waals surface area contributed by atoms with Crippen LogP contribution in [0.3, 0.4) is 0 Å². The lowest BCUT2D eigenvalue weighted by Crippen LogP contribution is -2.20. The molecule has 0 aliphatic heterocycles. The first-order chi connectivity index (χ1) is 11.6. The van der Waals surface area contributed by atoms with Gasteiger partial charge in [0.05, 0.1) is 11.9 Å². The Kier molecular flexibility index (Phi) is 5.92. The molecule has 25 heavy (non-hydrogen) atoms. The van der Waals surface area contributed by atoms with E-state index >= 15 is 0 Å². The van der Waals surface area contributed by atoms with Crippen LogP contribution in [0.4, 0.5) is 11.4 Å². The van der Waals surface area contributed by atoms with E-state index in [0.29, 0.717) is 22.1 Å². The van der Waals surface area contributed by atoms with Crippen LogP contribution in [-0.4, -0.2) is 27.2 Å². The van der Waals surface area contributed by atoms with Crippen LogP contribution in [0, 0.1) is 13.8 Å². The Morgan fingerprint density at radius 3 is 2.48 bits per heavy atom. The van der Waals surface area contributed by atoms with Gasteiger partial charge >= 0.3 is 0 Å². The number of carbonyl (C=O) groups is 1. The number of amides is 1. The summed E-state index contributed by atoms with van der Waals surface area (Å²) in [5, 5.41) is 3.27. The van der Waals surface area contributed by atoms with Crippen molar-refractivity contribution in [2.45, 2.75) is 13.8 Å². The molecule has 0 atom stereocenters. The Hall–Kier alpha value is -2.25. The van der Waals surface area contributed by atoms with E-state index < -0.39 is 10.0 Å². The van der Waals surface area contributed by atoms with Gasteiger partial charge in [-0.2, -0.15) is 0 Å². The van der Waals surface area contributed by atoms with E-state index in [4.69, 9.17) is 16.3 Å². The van der Waals surface area contributed by atoms with Crippen LogP contribution in [0.2, 0.25) is 5.02 Å². The highest BCUT2D eigenvalue weighted by molar-refractivity contribution is 7.92. The fraction of sp³-hybridized carbons (Fsp3) is 0.235. The Morgan fingerprint density at radius 1 is 1.12 bits per heavy atom. The van der Waals surface area contributed by atoms with Crippen molar-refractivity contribution in [2.24, 2.45) is 0 Å². The second-order valence-corrected chi connectivity index (χ2v) is 7.84. The van der Waals surface area contributed by atoms with Crippen molar-refractivity contribution in [2.75, 3.05) is 22.9 Å². The second-order valence-electron chi connectivity index (χ2n) is 5.65. The summed E-state index contributed by atoms with van der Waals surface area (Å²) < 4.78 is 30.6. The van der Waals surface area contributed by atoms with Crippen molar-refractivity contribution in [3.8, 4) is 5.75 Å². The van der Waals surface area contributed by atoms with E-state index in [-0.39, 0.29) is 12.5 Å². The molecular formula is C17H19ClN2O4S. The molecule has 0 aliphatic carbocycles. The summed E-state index contributed by atoms with van der Waals surface area (Å²) in [6.45, 7) is 3.43. The number of nitrogens with one attached hydrogen (secondary N) is 2. The van der Waals surface area contributed by atoms with Gasteiger partial charge in [0.1, 0.15) is 5.75 Å². The maximum absolute atomic E-state index is 12.0. The Labute approximate surface area is 152 Å². The van der Waals surface area contributed by atoms with Crippen LogP contribution in [0.25, 0.3) is 0 Å². The third-order valence-corrected chi connectivity index (χ3v) is 4.14. The minimum atomic E-state index is -3.40. The summed E-state index contributed by atoms with van der Waals surface area (Å²) in [6.07, 6.45) is 1.07. The fourth-order valence-electron chi connectivity index (χ4n) is 2.12. The number of carbonyl (C=O) groups excluding carboxylic acids is 1. The van der Waals surface area contributed by atoms with E-state index in [2.05, 4.69) is 10.0 Å². The number of hydrogen-bond acceptors (Lipinski definition) is 4. The molecule has 6 nitrogen and oxygen atoms in total. The highest BCUT2D eigenvalue weighted by Crippen LogP contribution is 2.23. The molecule has 134 valence electrons. The number of sulfonamides is 1. The van der Waals surface area contributed by atoms with Crippen LogP contribution >= 0.6 is 11.6 Å². The summed E-state index contributed by atoms with van der Waals surface area (Å²) in [4.78, 5) is 12.0. The summed E-state index contributed by atoms with van der Waals surface area (Å²) in [5.74, 6) is 0.214. The lowest BCUT2D eigenvalue weighted by Gasteiger charge is -2.12. The molecule has 0 unspecified atom stereocenters. The zero-order valence-corrected chi connectivity index (χ0v) is 15.7. The van der Waals surface area contributed by atoms with Crippen LogP contribution in [0.15, 0.2) is 36.4 Å². The average molecular weight is 383 g/mol. The highest BCUT2D eigenvalue weighted by atomic mass is 35.5. The summed E-state index contributed by atoms with van der Waals surface area (Å²) in [7, 11) is -3.40. The van der Waals surface area contributed by atoms with Crippen molar-refractivity contribution < 1.29 is 17.9 Å². The average Bonchev–Trinajstić information content (AvgIpc) is 2.48. The van der Waals surface area contributed by atoms with E-state index in [1.54, 1.807) is 43.3 Å². The van der Waals surface area contributed by atoms with Crippen LogP contribution in [0.1, 0.15) is 11.1 Å². The summed E-state index contributed by atoms with van der Waals surface area (Å²) >= 11 is 5.88. The van der Waals surface area contributed by atoms with Gasteiger partial charge in [-0.25, -0.2) is 8.42 Å². The van der Waals surface area contributed by atoms with Crippen LogP contribution in [-0.2, 0) is 14.8 Å². The first-order valence-electron chi connectivity index (χ1n) is 7.41. The Balaban J connectivity index is 2.01. The van der Waals surface area contributed by atoms with Gasteiger partial charge in [0, 0.05) is 10.7 Å². The van der Waals surface area contributed by atoms with E-state index in [1.165, 1.54) is 0 Å². The molecule has 0 fully saturated rings. The molecule has 0 bridgehead atoms. The number of anilines is 2. The second kappa shape index (κ2) is 7.76. The van der Waals surface area contributed by atoms with Gasteiger partial charge in [0.2, 0.25) is 10.0 Å². The molecule has 0 saturated heterocycles. The van der Waals surface area contributed by atoms with Crippen molar-refractivity contribution in [3.05, 3.63) is 52.5 Å². The lowest BCUT2D eigenvalue weighted by atomic mass is 10.2. The first kappa shape index (κ1) is 19.1. The molecule has 1 amide bonds. The summed E-state index contributed by atoms with van der Waals surface area (Å²) in [5.41, 5.74) is 2.46. The summed E-state index contributed by atoms with van der Waals surface area (Å²) in [6, 6.07) is 10.1. The SMILES string of the molecule is Cc1ccc(NC(=O)COc2ccc(Cl)cc2C)cc1NS(C)(=O)=O. The Bertz CT molecular complexity index is 898. The van der Waals surface area contributed by atoms with Crippen molar-refractivity contribution in [3.63, 3.8) is 0 Å². The standard InChI is InChI=1S/C17H19ClN2O4S/c1-11-4-6-14(9-15(11)20-25(3,22)23)19-17(21)10-24-16-7-5-13(18)8-12(16)2/h4-9,20H,10H2,1-3H3,(H,19,21). The number of rotatable bonds is 6. The topological polar surface area (TPSA) is 84.5 Å². The zero-order valence-electron chi connectivity index (χ0n) is 14.1. The molecule has 2 rings (SSSR count). The zero-order chi connectivity index (χ0) is 18.6. The lowest BCUT2D eigenvalue weighted by molar-refractivity contribution is -0.118. The normalized spacial score (nSPS) is 11.0. The predicted molar refractivity (Wildman–Crippen MR) is 100.0 cm³/mol. The van der Waals surface area contributed by atoms with Crippen LogP contribution < -0.4 is 14.8 Å².